The van der Waals surface area contributed by atoms with Crippen molar-refractivity contribution in [3.63, 3.8) is 0 Å². The van der Waals surface area contributed by atoms with Crippen molar-refractivity contribution >= 4 is 11.7 Å². The molecular formula is C14H20N2O5. The summed E-state index contributed by atoms with van der Waals surface area (Å²) in [6.45, 7) is 1.85. The summed E-state index contributed by atoms with van der Waals surface area (Å²) in [5.41, 5.74) is 5.43. The lowest BCUT2D eigenvalue weighted by atomic mass is 9.86. The number of carbonyl (C=O) groups excluding carboxylic acids is 1. The zero-order chi connectivity index (χ0) is 15.9. The maximum Gasteiger partial charge on any atom is 0.313 e. The summed E-state index contributed by atoms with van der Waals surface area (Å²) in [5.74, 6) is -0.434. The van der Waals surface area contributed by atoms with Gasteiger partial charge in [0.25, 0.3) is 5.69 Å². The van der Waals surface area contributed by atoms with Crippen LogP contribution in [-0.4, -0.2) is 29.2 Å². The molecule has 1 aromatic carbocycles. The average molecular weight is 296 g/mol. The summed E-state index contributed by atoms with van der Waals surface area (Å²) in [6.07, 6.45) is 0.916. The minimum Gasteiger partial charge on any atom is -0.460 e. The maximum atomic E-state index is 12.1. The maximum absolute atomic E-state index is 12.1. The van der Waals surface area contributed by atoms with Crippen LogP contribution in [0.4, 0.5) is 5.69 Å². The first-order valence-electron chi connectivity index (χ1n) is 6.64. The Morgan fingerprint density at radius 3 is 2.52 bits per heavy atom. The second-order valence-corrected chi connectivity index (χ2v) is 5.09. The summed E-state index contributed by atoms with van der Waals surface area (Å²) in [7, 11) is 0. The molecule has 21 heavy (non-hydrogen) atoms. The topological polar surface area (TPSA) is 116 Å². The van der Waals surface area contributed by atoms with Gasteiger partial charge in [0.05, 0.1) is 10.3 Å². The van der Waals surface area contributed by atoms with Crippen LogP contribution in [0, 0.1) is 15.5 Å². The van der Waals surface area contributed by atoms with Crippen molar-refractivity contribution in [1.82, 2.24) is 0 Å². The number of ether oxygens (including phenoxy) is 1. The van der Waals surface area contributed by atoms with Crippen LogP contribution in [-0.2, 0) is 16.1 Å². The molecule has 0 heterocycles. The zero-order valence-electron chi connectivity index (χ0n) is 11.9. The number of aliphatic hydroxyl groups excluding tert-OH is 1. The molecule has 0 spiro atoms. The Balaban J connectivity index is 2.60. The summed E-state index contributed by atoms with van der Waals surface area (Å²) in [6, 6.07) is 5.80. The van der Waals surface area contributed by atoms with Crippen LogP contribution in [0.15, 0.2) is 24.3 Å². The largest absolute Gasteiger partial charge is 0.460 e. The van der Waals surface area contributed by atoms with E-state index in [1.807, 2.05) is 0 Å². The minimum absolute atomic E-state index is 0.00871. The van der Waals surface area contributed by atoms with E-state index in [1.165, 1.54) is 12.1 Å². The van der Waals surface area contributed by atoms with E-state index in [4.69, 9.17) is 15.6 Å². The molecule has 0 amide bonds. The van der Waals surface area contributed by atoms with Gasteiger partial charge in [-0.15, -0.1) is 0 Å². The number of aliphatic hydroxyl groups is 1. The molecular weight excluding hydrogens is 276 g/mol. The molecule has 1 unspecified atom stereocenters. The first kappa shape index (κ1) is 17.1. The van der Waals surface area contributed by atoms with E-state index in [0.29, 0.717) is 18.4 Å². The number of carbonyl (C=O) groups is 1. The average Bonchev–Trinajstić information content (AvgIpc) is 2.50. The zero-order valence-corrected chi connectivity index (χ0v) is 11.9. The number of benzene rings is 1. The third kappa shape index (κ3) is 4.80. The fourth-order valence-electron chi connectivity index (χ4n) is 1.79. The Morgan fingerprint density at radius 1 is 1.43 bits per heavy atom. The van der Waals surface area contributed by atoms with Gasteiger partial charge in [0.2, 0.25) is 0 Å². The third-order valence-electron chi connectivity index (χ3n) is 3.35. The molecule has 1 rings (SSSR count). The Kier molecular flexibility index (Phi) is 6.26. The third-order valence-corrected chi connectivity index (χ3v) is 3.35. The lowest BCUT2D eigenvalue weighted by Crippen LogP contribution is -2.37. The lowest BCUT2D eigenvalue weighted by molar-refractivity contribution is -0.384. The molecule has 0 saturated carbocycles. The summed E-state index contributed by atoms with van der Waals surface area (Å²) < 4.78 is 5.21. The van der Waals surface area contributed by atoms with Crippen LogP contribution in [0.25, 0.3) is 0 Å². The molecule has 0 aliphatic carbocycles. The standard InChI is InChI=1S/C14H20N2O5/c1-14(10-15,7-2-8-17)13(18)21-9-11-3-5-12(6-4-11)16(19)20/h3-6,17H,2,7-10,15H2,1H3. The van der Waals surface area contributed by atoms with Crippen LogP contribution in [0.2, 0.25) is 0 Å². The predicted molar refractivity (Wildman–Crippen MR) is 76.4 cm³/mol. The van der Waals surface area contributed by atoms with Crippen molar-refractivity contribution in [2.24, 2.45) is 11.1 Å². The van der Waals surface area contributed by atoms with Crippen molar-refractivity contribution in [1.29, 1.82) is 0 Å². The van der Waals surface area contributed by atoms with Gasteiger partial charge in [0.1, 0.15) is 6.61 Å². The number of nitro groups is 1. The van der Waals surface area contributed by atoms with Crippen molar-refractivity contribution in [2.45, 2.75) is 26.4 Å². The molecule has 3 N–H and O–H groups in total. The van der Waals surface area contributed by atoms with Gasteiger partial charge in [-0.3, -0.25) is 14.9 Å². The van der Waals surface area contributed by atoms with E-state index in [9.17, 15) is 14.9 Å². The highest BCUT2D eigenvalue weighted by molar-refractivity contribution is 5.76. The van der Waals surface area contributed by atoms with Crippen LogP contribution in [0.1, 0.15) is 25.3 Å². The summed E-state index contributed by atoms with van der Waals surface area (Å²) >= 11 is 0. The molecule has 0 fully saturated rings. The summed E-state index contributed by atoms with van der Waals surface area (Å²) in [4.78, 5) is 22.1. The van der Waals surface area contributed by atoms with Crippen molar-refractivity contribution < 1.29 is 19.6 Å². The first-order chi connectivity index (χ1) is 9.92. The highest BCUT2D eigenvalue weighted by Gasteiger charge is 2.32. The van der Waals surface area contributed by atoms with Crippen molar-refractivity contribution in [3.05, 3.63) is 39.9 Å². The van der Waals surface area contributed by atoms with Crippen molar-refractivity contribution in [2.75, 3.05) is 13.2 Å². The first-order valence-corrected chi connectivity index (χ1v) is 6.64. The highest BCUT2D eigenvalue weighted by atomic mass is 16.6. The molecule has 0 saturated heterocycles. The number of hydrogen-bond donors (Lipinski definition) is 2. The van der Waals surface area contributed by atoms with Crippen molar-refractivity contribution in [3.8, 4) is 0 Å². The van der Waals surface area contributed by atoms with Crippen LogP contribution in [0.5, 0.6) is 0 Å². The minimum atomic E-state index is -0.830. The van der Waals surface area contributed by atoms with Gasteiger partial charge in [-0.05, 0) is 37.5 Å². The van der Waals surface area contributed by atoms with Gasteiger partial charge >= 0.3 is 5.97 Å². The van der Waals surface area contributed by atoms with Crippen LogP contribution < -0.4 is 5.73 Å². The number of nitro benzene ring substituents is 1. The molecule has 0 aliphatic heterocycles. The van der Waals surface area contributed by atoms with Gasteiger partial charge < -0.3 is 15.6 Å². The molecule has 0 aromatic heterocycles. The Bertz CT molecular complexity index is 489. The van der Waals surface area contributed by atoms with Crippen LogP contribution >= 0.6 is 0 Å². The molecule has 0 aliphatic rings. The molecule has 0 radical (unpaired) electrons. The SMILES string of the molecule is CC(CN)(CCCO)C(=O)OCc1ccc([N+](=O)[O-])cc1. The number of non-ortho nitro benzene ring substituents is 1. The number of nitrogens with two attached hydrogens (primary N) is 1. The predicted octanol–water partition coefficient (Wildman–Crippen LogP) is 1.38. The Hall–Kier alpha value is -1.99. The van der Waals surface area contributed by atoms with Gasteiger partial charge in [-0.2, -0.15) is 0 Å². The van der Waals surface area contributed by atoms with E-state index in [2.05, 4.69) is 0 Å². The van der Waals surface area contributed by atoms with E-state index in [-0.39, 0.29) is 25.4 Å². The fourth-order valence-corrected chi connectivity index (χ4v) is 1.79. The molecule has 7 nitrogen and oxygen atoms in total. The molecule has 7 heteroatoms. The van der Waals surface area contributed by atoms with Gasteiger partial charge in [0, 0.05) is 25.3 Å². The van der Waals surface area contributed by atoms with Gasteiger partial charge in [-0.25, -0.2) is 0 Å². The van der Waals surface area contributed by atoms with Gasteiger partial charge in [-0.1, -0.05) is 0 Å². The number of hydrogen-bond acceptors (Lipinski definition) is 6. The molecule has 0 bridgehead atoms. The van der Waals surface area contributed by atoms with Gasteiger partial charge in [0.15, 0.2) is 0 Å². The lowest BCUT2D eigenvalue weighted by Gasteiger charge is -2.25. The number of esters is 1. The molecule has 1 atom stereocenters. The normalized spacial score (nSPS) is 13.5. The monoisotopic (exact) mass is 296 g/mol. The second-order valence-electron chi connectivity index (χ2n) is 5.09. The van der Waals surface area contributed by atoms with E-state index in [0.717, 1.165) is 0 Å². The Morgan fingerprint density at radius 2 is 2.05 bits per heavy atom. The molecule has 1 aromatic rings. The number of nitrogens with zero attached hydrogens (tertiary/aromatic N) is 1. The van der Waals surface area contributed by atoms with Crippen LogP contribution in [0.3, 0.4) is 0 Å². The smallest absolute Gasteiger partial charge is 0.313 e. The second kappa shape index (κ2) is 7.70. The van der Waals surface area contributed by atoms with E-state index in [1.54, 1.807) is 19.1 Å². The molecule has 116 valence electrons. The Labute approximate surface area is 122 Å². The quantitative estimate of drug-likeness (QED) is 0.425. The van der Waals surface area contributed by atoms with E-state index < -0.39 is 16.3 Å². The number of rotatable bonds is 8. The summed E-state index contributed by atoms with van der Waals surface area (Å²) in [5, 5.41) is 19.4. The fraction of sp³-hybridized carbons (Fsp3) is 0.500. The van der Waals surface area contributed by atoms with E-state index >= 15 is 0 Å². The highest BCUT2D eigenvalue weighted by Crippen LogP contribution is 2.24.